The first-order valence-electron chi connectivity index (χ1n) is 6.85. The molecule has 0 unspecified atom stereocenters. The van der Waals surface area contributed by atoms with Crippen molar-refractivity contribution in [2.75, 3.05) is 27.3 Å². The first kappa shape index (κ1) is 20.6. The molecule has 5 nitrogen and oxygen atoms in total. The minimum absolute atomic E-state index is 0. The maximum Gasteiger partial charge on any atom is 0.191 e. The van der Waals surface area contributed by atoms with E-state index in [0.717, 1.165) is 36.2 Å². The third kappa shape index (κ3) is 7.96. The molecule has 0 aliphatic carbocycles. The lowest BCUT2D eigenvalue weighted by Crippen LogP contribution is -2.37. The van der Waals surface area contributed by atoms with E-state index in [4.69, 9.17) is 4.74 Å². The second kappa shape index (κ2) is 10.3. The van der Waals surface area contributed by atoms with Crippen molar-refractivity contribution in [2.24, 2.45) is 4.99 Å². The van der Waals surface area contributed by atoms with Gasteiger partial charge in [-0.15, -0.1) is 35.3 Å². The molecule has 0 saturated heterocycles. The molecule has 1 heterocycles. The van der Waals surface area contributed by atoms with Crippen LogP contribution in [0.1, 0.15) is 37.9 Å². The number of methoxy groups -OCH3 is 1. The second-order valence-corrected chi connectivity index (χ2v) is 6.45. The number of halogens is 1. The molecule has 0 amide bonds. The van der Waals surface area contributed by atoms with Crippen LogP contribution in [-0.2, 0) is 16.7 Å². The summed E-state index contributed by atoms with van der Waals surface area (Å²) in [6, 6.07) is 0. The molecule has 0 radical (unpaired) electrons. The van der Waals surface area contributed by atoms with Crippen LogP contribution in [0.4, 0.5) is 0 Å². The second-order valence-electron chi connectivity index (χ2n) is 5.59. The number of nitrogens with one attached hydrogen (secondary N) is 2. The van der Waals surface area contributed by atoms with Gasteiger partial charge in [0.25, 0.3) is 0 Å². The highest BCUT2D eigenvalue weighted by Gasteiger charge is 2.17. The van der Waals surface area contributed by atoms with Crippen LogP contribution >= 0.6 is 35.3 Å². The average Bonchev–Trinajstić information content (AvgIpc) is 2.87. The Bertz CT molecular complexity index is 429. The lowest BCUT2D eigenvalue weighted by Gasteiger charge is -2.14. The zero-order valence-electron chi connectivity index (χ0n) is 13.5. The smallest absolute Gasteiger partial charge is 0.191 e. The number of hydrogen-bond acceptors (Lipinski definition) is 4. The molecule has 21 heavy (non-hydrogen) atoms. The number of ether oxygens (including phenoxy) is 1. The monoisotopic (exact) mass is 426 g/mol. The molecule has 0 bridgehead atoms. The highest BCUT2D eigenvalue weighted by molar-refractivity contribution is 14.0. The van der Waals surface area contributed by atoms with Gasteiger partial charge in [-0.05, 0) is 6.42 Å². The molecule has 1 aromatic rings. The van der Waals surface area contributed by atoms with E-state index in [1.165, 1.54) is 0 Å². The van der Waals surface area contributed by atoms with Gasteiger partial charge in [-0.1, -0.05) is 20.8 Å². The van der Waals surface area contributed by atoms with Gasteiger partial charge in [0.2, 0.25) is 0 Å². The van der Waals surface area contributed by atoms with Gasteiger partial charge in [0.05, 0.1) is 17.2 Å². The van der Waals surface area contributed by atoms with Crippen molar-refractivity contribution < 1.29 is 4.74 Å². The van der Waals surface area contributed by atoms with Gasteiger partial charge in [-0.25, -0.2) is 4.98 Å². The van der Waals surface area contributed by atoms with Crippen molar-refractivity contribution in [1.82, 2.24) is 15.6 Å². The van der Waals surface area contributed by atoms with Crippen molar-refractivity contribution in [1.29, 1.82) is 0 Å². The molecule has 0 aliphatic rings. The third-order valence-electron chi connectivity index (χ3n) is 2.67. The summed E-state index contributed by atoms with van der Waals surface area (Å²) >= 11 is 1.71. The van der Waals surface area contributed by atoms with Crippen LogP contribution in [0.2, 0.25) is 0 Å². The summed E-state index contributed by atoms with van der Waals surface area (Å²) in [5.74, 6) is 0.798. The minimum atomic E-state index is 0. The van der Waals surface area contributed by atoms with Crippen LogP contribution in [-0.4, -0.2) is 38.3 Å². The lowest BCUT2D eigenvalue weighted by molar-refractivity contribution is 0.195. The number of aromatic nitrogens is 1. The molecule has 122 valence electrons. The molecule has 0 fully saturated rings. The van der Waals surface area contributed by atoms with E-state index in [2.05, 4.69) is 46.8 Å². The van der Waals surface area contributed by atoms with Crippen molar-refractivity contribution in [3.63, 3.8) is 0 Å². The largest absolute Gasteiger partial charge is 0.385 e. The number of hydrogen-bond donors (Lipinski definition) is 2. The summed E-state index contributed by atoms with van der Waals surface area (Å²) in [4.78, 5) is 8.84. The highest BCUT2D eigenvalue weighted by atomic mass is 127. The molecule has 0 aromatic carbocycles. The van der Waals surface area contributed by atoms with Crippen LogP contribution in [0.15, 0.2) is 10.4 Å². The molecular formula is C14H27IN4OS. The maximum atomic E-state index is 5.01. The summed E-state index contributed by atoms with van der Waals surface area (Å²) in [7, 11) is 3.48. The molecular weight excluding hydrogens is 399 g/mol. The van der Waals surface area contributed by atoms with Crippen molar-refractivity contribution >= 4 is 41.3 Å². The molecule has 2 N–H and O–H groups in total. The van der Waals surface area contributed by atoms with Gasteiger partial charge < -0.3 is 15.4 Å². The number of guanidine groups is 1. The van der Waals surface area contributed by atoms with Crippen LogP contribution in [0.5, 0.6) is 0 Å². The lowest BCUT2D eigenvalue weighted by atomic mass is 9.98. The molecule has 0 aliphatic heterocycles. The fourth-order valence-electron chi connectivity index (χ4n) is 1.55. The molecule has 7 heteroatoms. The van der Waals surface area contributed by atoms with E-state index in [1.54, 1.807) is 25.5 Å². The van der Waals surface area contributed by atoms with Crippen LogP contribution in [0.3, 0.4) is 0 Å². The van der Waals surface area contributed by atoms with Gasteiger partial charge in [-0.2, -0.15) is 0 Å². The van der Waals surface area contributed by atoms with Gasteiger partial charge in [0.15, 0.2) is 5.96 Å². The summed E-state index contributed by atoms with van der Waals surface area (Å²) in [5.41, 5.74) is 1.17. The highest BCUT2D eigenvalue weighted by Crippen LogP contribution is 2.25. The van der Waals surface area contributed by atoms with E-state index in [0.29, 0.717) is 6.54 Å². The van der Waals surface area contributed by atoms with Crippen molar-refractivity contribution in [3.05, 3.63) is 16.1 Å². The van der Waals surface area contributed by atoms with Crippen molar-refractivity contribution in [3.8, 4) is 0 Å². The normalized spacial score (nSPS) is 12.0. The molecule has 0 spiro atoms. The zero-order chi connectivity index (χ0) is 15.0. The Morgan fingerprint density at radius 1 is 1.38 bits per heavy atom. The van der Waals surface area contributed by atoms with Gasteiger partial charge in [-0.3, -0.25) is 4.99 Å². The van der Waals surface area contributed by atoms with Gasteiger partial charge in [0.1, 0.15) is 0 Å². The van der Waals surface area contributed by atoms with Crippen LogP contribution in [0, 0.1) is 0 Å². The van der Waals surface area contributed by atoms with E-state index < -0.39 is 0 Å². The van der Waals surface area contributed by atoms with Crippen molar-refractivity contribution in [2.45, 2.75) is 39.2 Å². The van der Waals surface area contributed by atoms with E-state index in [9.17, 15) is 0 Å². The Kier molecular flexibility index (Phi) is 10.1. The number of thiazole rings is 1. The zero-order valence-corrected chi connectivity index (χ0v) is 16.7. The molecule has 1 aromatic heterocycles. The predicted molar refractivity (Wildman–Crippen MR) is 101 cm³/mol. The SMILES string of the molecule is CN=C(NCCCOC)NCc1csc(C(C)(C)C)n1.I. The minimum Gasteiger partial charge on any atom is -0.385 e. The number of rotatable bonds is 6. The fourth-order valence-corrected chi connectivity index (χ4v) is 2.46. The summed E-state index contributed by atoms with van der Waals surface area (Å²) < 4.78 is 5.01. The fraction of sp³-hybridized carbons (Fsp3) is 0.714. The molecule has 0 atom stereocenters. The summed E-state index contributed by atoms with van der Waals surface area (Å²) in [6.07, 6.45) is 0.960. The standard InChI is InChI=1S/C14H26N4OS.HI/c1-14(2,3)12-18-11(10-20-12)9-17-13(15-4)16-7-6-8-19-5;/h10H,6-9H2,1-5H3,(H2,15,16,17);1H. The van der Waals surface area contributed by atoms with Gasteiger partial charge >= 0.3 is 0 Å². The quantitative estimate of drug-likeness (QED) is 0.318. The topological polar surface area (TPSA) is 58.5 Å². The molecule has 1 rings (SSSR count). The molecule has 0 saturated carbocycles. The van der Waals surface area contributed by atoms with Crippen LogP contribution < -0.4 is 10.6 Å². The number of aliphatic imine (C=N–C) groups is 1. The first-order valence-corrected chi connectivity index (χ1v) is 7.73. The van der Waals surface area contributed by atoms with E-state index in [1.807, 2.05) is 0 Å². The third-order valence-corrected chi connectivity index (χ3v) is 3.99. The summed E-state index contributed by atoms with van der Waals surface area (Å²) in [6.45, 7) is 8.83. The number of nitrogens with zero attached hydrogens (tertiary/aromatic N) is 2. The maximum absolute atomic E-state index is 5.01. The Morgan fingerprint density at radius 3 is 2.62 bits per heavy atom. The Morgan fingerprint density at radius 2 is 2.10 bits per heavy atom. The van der Waals surface area contributed by atoms with Crippen LogP contribution in [0.25, 0.3) is 0 Å². The van der Waals surface area contributed by atoms with E-state index in [-0.39, 0.29) is 29.4 Å². The first-order chi connectivity index (χ1) is 9.47. The Labute approximate surface area is 149 Å². The Hall–Kier alpha value is -0.410. The average molecular weight is 426 g/mol. The predicted octanol–water partition coefficient (Wildman–Crippen LogP) is 2.76. The Balaban J connectivity index is 0.00000400. The van der Waals surface area contributed by atoms with E-state index >= 15 is 0 Å². The van der Waals surface area contributed by atoms with Gasteiger partial charge in [0, 0.05) is 38.1 Å². The summed E-state index contributed by atoms with van der Waals surface area (Å²) in [5, 5.41) is 9.78.